The third kappa shape index (κ3) is 5.72. The van der Waals surface area contributed by atoms with Crippen LogP contribution in [-0.4, -0.2) is 16.0 Å². The number of imide groups is 1. The second-order valence-electron chi connectivity index (χ2n) is 7.42. The molecule has 0 saturated carbocycles. The van der Waals surface area contributed by atoms with E-state index in [0.29, 0.717) is 22.3 Å². The van der Waals surface area contributed by atoms with Crippen LogP contribution in [0.5, 0.6) is 5.75 Å². The van der Waals surface area contributed by atoms with Crippen LogP contribution in [0, 0.1) is 6.92 Å². The van der Waals surface area contributed by atoms with Crippen LogP contribution >= 0.6 is 55.2 Å². The van der Waals surface area contributed by atoms with Gasteiger partial charge in [-0.1, -0.05) is 48.0 Å². The van der Waals surface area contributed by atoms with Gasteiger partial charge in [0.25, 0.3) is 11.1 Å². The third-order valence-corrected chi connectivity index (χ3v) is 7.42. The summed E-state index contributed by atoms with van der Waals surface area (Å²) in [5, 5.41) is 0.407. The molecule has 168 valence electrons. The van der Waals surface area contributed by atoms with Gasteiger partial charge in [0.1, 0.15) is 12.4 Å². The van der Waals surface area contributed by atoms with Crippen molar-refractivity contribution in [2.45, 2.75) is 20.1 Å². The number of amides is 2. The first kappa shape index (κ1) is 24.1. The summed E-state index contributed by atoms with van der Waals surface area (Å²) in [5.74, 6) is 0.360. The van der Waals surface area contributed by atoms with Crippen LogP contribution in [0.25, 0.3) is 6.08 Å². The Bertz CT molecular complexity index is 1240. The summed E-state index contributed by atoms with van der Waals surface area (Å²) in [4.78, 5) is 27.1. The van der Waals surface area contributed by atoms with Crippen molar-refractivity contribution in [3.05, 3.63) is 102 Å². The van der Waals surface area contributed by atoms with Crippen molar-refractivity contribution in [1.29, 1.82) is 0 Å². The first-order chi connectivity index (χ1) is 15.8. The number of carbonyl (C=O) groups is 2. The molecule has 1 aliphatic rings. The van der Waals surface area contributed by atoms with Gasteiger partial charge in [-0.3, -0.25) is 14.5 Å². The van der Waals surface area contributed by atoms with Crippen LogP contribution in [0.2, 0.25) is 5.02 Å². The third-order valence-electron chi connectivity index (χ3n) is 5.08. The van der Waals surface area contributed by atoms with Crippen molar-refractivity contribution in [2.75, 3.05) is 0 Å². The normalized spacial score (nSPS) is 14.9. The minimum Gasteiger partial charge on any atom is -0.487 e. The first-order valence-corrected chi connectivity index (χ1v) is 12.8. The van der Waals surface area contributed by atoms with Gasteiger partial charge in [0, 0.05) is 5.02 Å². The summed E-state index contributed by atoms with van der Waals surface area (Å²) in [6.45, 7) is 2.61. The molecule has 2 amide bonds. The molecule has 8 heteroatoms. The lowest BCUT2D eigenvalue weighted by atomic mass is 10.1. The highest BCUT2D eigenvalue weighted by Crippen LogP contribution is 2.38. The highest BCUT2D eigenvalue weighted by atomic mass is 79.9. The maximum absolute atomic E-state index is 12.9. The lowest BCUT2D eigenvalue weighted by Crippen LogP contribution is -2.27. The van der Waals surface area contributed by atoms with Crippen molar-refractivity contribution in [3.8, 4) is 5.75 Å². The smallest absolute Gasteiger partial charge is 0.293 e. The maximum atomic E-state index is 12.9. The minimum atomic E-state index is -0.288. The number of thioether (sulfide) groups is 1. The van der Waals surface area contributed by atoms with Crippen LogP contribution in [0.4, 0.5) is 4.79 Å². The molecule has 0 bridgehead atoms. The molecule has 0 aliphatic carbocycles. The number of benzene rings is 3. The number of carbonyl (C=O) groups excluding carboxylic acids is 2. The topological polar surface area (TPSA) is 46.6 Å². The van der Waals surface area contributed by atoms with E-state index < -0.39 is 0 Å². The second-order valence-corrected chi connectivity index (χ2v) is 10.6. The largest absolute Gasteiger partial charge is 0.487 e. The Morgan fingerprint density at radius 2 is 1.70 bits per heavy atom. The van der Waals surface area contributed by atoms with E-state index in [4.69, 9.17) is 16.3 Å². The first-order valence-electron chi connectivity index (χ1n) is 9.98. The molecule has 0 spiro atoms. The Kier molecular flexibility index (Phi) is 7.64. The van der Waals surface area contributed by atoms with Gasteiger partial charge in [0.2, 0.25) is 0 Å². The molecule has 0 atom stereocenters. The molecular formula is C25H18Br2ClNO3S. The van der Waals surface area contributed by atoms with Gasteiger partial charge in [-0.25, -0.2) is 0 Å². The lowest BCUT2D eigenvalue weighted by molar-refractivity contribution is -0.123. The number of hydrogen-bond acceptors (Lipinski definition) is 4. The van der Waals surface area contributed by atoms with Crippen molar-refractivity contribution in [3.63, 3.8) is 0 Å². The van der Waals surface area contributed by atoms with E-state index in [9.17, 15) is 9.59 Å². The molecule has 1 heterocycles. The number of aryl methyl sites for hydroxylation is 1. The Morgan fingerprint density at radius 1 is 1.03 bits per heavy atom. The van der Waals surface area contributed by atoms with E-state index in [0.717, 1.165) is 43.0 Å². The summed E-state index contributed by atoms with van der Waals surface area (Å²) in [5.41, 5.74) is 3.76. The number of nitrogens with zero attached hydrogens (tertiary/aromatic N) is 1. The number of hydrogen-bond donors (Lipinski definition) is 0. The molecule has 33 heavy (non-hydrogen) atoms. The molecule has 0 radical (unpaired) electrons. The molecule has 3 aromatic rings. The fourth-order valence-corrected chi connectivity index (χ4v) is 5.70. The molecule has 4 nitrogen and oxygen atoms in total. The van der Waals surface area contributed by atoms with Gasteiger partial charge in [0.05, 0.1) is 20.4 Å². The molecule has 1 saturated heterocycles. The summed E-state index contributed by atoms with van der Waals surface area (Å²) in [6, 6.07) is 18.9. The molecule has 4 rings (SSSR count). The van der Waals surface area contributed by atoms with E-state index in [2.05, 4.69) is 31.9 Å². The zero-order valence-electron chi connectivity index (χ0n) is 17.5. The van der Waals surface area contributed by atoms with Crippen LogP contribution in [-0.2, 0) is 17.9 Å². The standard InChI is InChI=1S/C25H18Br2ClNO3S/c1-15-4-2-3-5-18(15)13-29-24(30)22(33-25(29)31)12-17-10-20(26)23(21(27)11-17)32-14-16-6-8-19(28)9-7-16/h2-12H,13-14H2,1H3/b22-12-. The monoisotopic (exact) mass is 605 g/mol. The van der Waals surface area contributed by atoms with Gasteiger partial charge in [-0.15, -0.1) is 0 Å². The van der Waals surface area contributed by atoms with E-state index in [1.165, 1.54) is 4.90 Å². The van der Waals surface area contributed by atoms with Gasteiger partial charge < -0.3 is 4.74 Å². The predicted molar refractivity (Wildman–Crippen MR) is 140 cm³/mol. The zero-order valence-corrected chi connectivity index (χ0v) is 22.2. The van der Waals surface area contributed by atoms with Gasteiger partial charge in [-0.05, 0) is 103 Å². The van der Waals surface area contributed by atoms with Crippen LogP contribution in [0.3, 0.4) is 0 Å². The van der Waals surface area contributed by atoms with Crippen molar-refractivity contribution < 1.29 is 14.3 Å². The Morgan fingerprint density at radius 3 is 2.36 bits per heavy atom. The number of halogens is 3. The molecule has 0 N–H and O–H groups in total. The minimum absolute atomic E-state index is 0.263. The highest BCUT2D eigenvalue weighted by molar-refractivity contribution is 9.11. The van der Waals surface area contributed by atoms with Crippen molar-refractivity contribution in [2.24, 2.45) is 0 Å². The SMILES string of the molecule is Cc1ccccc1CN1C(=O)S/C(=C\c2cc(Br)c(OCc3ccc(Cl)cc3)c(Br)c2)C1=O. The lowest BCUT2D eigenvalue weighted by Gasteiger charge is -2.14. The summed E-state index contributed by atoms with van der Waals surface area (Å²) in [7, 11) is 0. The van der Waals surface area contributed by atoms with Gasteiger partial charge >= 0.3 is 0 Å². The van der Waals surface area contributed by atoms with E-state index in [1.54, 1.807) is 6.08 Å². The van der Waals surface area contributed by atoms with E-state index in [-0.39, 0.29) is 17.7 Å². The molecule has 1 aliphatic heterocycles. The molecular weight excluding hydrogens is 590 g/mol. The highest BCUT2D eigenvalue weighted by Gasteiger charge is 2.35. The molecule has 3 aromatic carbocycles. The number of rotatable bonds is 6. The van der Waals surface area contributed by atoms with Gasteiger partial charge in [0.15, 0.2) is 0 Å². The zero-order chi connectivity index (χ0) is 23.5. The fraction of sp³-hybridized carbons (Fsp3) is 0.120. The van der Waals surface area contributed by atoms with Crippen LogP contribution in [0.15, 0.2) is 74.5 Å². The van der Waals surface area contributed by atoms with Crippen molar-refractivity contribution in [1.82, 2.24) is 4.90 Å². The Hall–Kier alpha value is -2.06. The fourth-order valence-electron chi connectivity index (χ4n) is 3.28. The molecule has 1 fully saturated rings. The molecule has 0 aromatic heterocycles. The van der Waals surface area contributed by atoms with E-state index >= 15 is 0 Å². The summed E-state index contributed by atoms with van der Waals surface area (Å²) in [6.07, 6.45) is 1.72. The van der Waals surface area contributed by atoms with Crippen molar-refractivity contribution >= 4 is 72.4 Å². The van der Waals surface area contributed by atoms with Crippen LogP contribution in [0.1, 0.15) is 22.3 Å². The van der Waals surface area contributed by atoms with Crippen LogP contribution < -0.4 is 4.74 Å². The van der Waals surface area contributed by atoms with E-state index in [1.807, 2.05) is 67.6 Å². The number of ether oxygens (including phenoxy) is 1. The quantitative estimate of drug-likeness (QED) is 0.267. The van der Waals surface area contributed by atoms with Gasteiger partial charge in [-0.2, -0.15) is 0 Å². The average molecular weight is 608 g/mol. The average Bonchev–Trinajstić information content (AvgIpc) is 3.03. The second kappa shape index (κ2) is 10.5. The summed E-state index contributed by atoms with van der Waals surface area (Å²) >= 11 is 14.0. The summed E-state index contributed by atoms with van der Waals surface area (Å²) < 4.78 is 7.42. The Balaban J connectivity index is 1.50. The predicted octanol–water partition coefficient (Wildman–Crippen LogP) is 7.99. The maximum Gasteiger partial charge on any atom is 0.293 e. The Labute approximate surface area is 218 Å². The molecule has 0 unspecified atom stereocenters.